The van der Waals surface area contributed by atoms with Crippen LogP contribution >= 0.6 is 0 Å². The largest absolute Gasteiger partial charge is 0.330 e. The molecule has 1 aliphatic rings. The van der Waals surface area contributed by atoms with E-state index in [1.807, 2.05) is 23.2 Å². The molecule has 0 N–H and O–H groups in total. The maximum Gasteiger partial charge on any atom is 0.274 e. The van der Waals surface area contributed by atoms with Crippen LogP contribution in [0.2, 0.25) is 0 Å². The minimum absolute atomic E-state index is 0.0222. The molecule has 2 aromatic rings. The van der Waals surface area contributed by atoms with Crippen LogP contribution in [-0.2, 0) is 7.05 Å². The second-order valence-electron chi connectivity index (χ2n) is 5.48. The van der Waals surface area contributed by atoms with E-state index in [9.17, 15) is 9.59 Å². The van der Waals surface area contributed by atoms with Gasteiger partial charge in [-0.15, -0.1) is 0 Å². The average molecular weight is 298 g/mol. The van der Waals surface area contributed by atoms with E-state index < -0.39 is 0 Å². The van der Waals surface area contributed by atoms with Crippen LogP contribution in [-0.4, -0.2) is 32.1 Å². The van der Waals surface area contributed by atoms with Gasteiger partial charge >= 0.3 is 0 Å². The number of hydrogen-bond acceptors (Lipinski definition) is 4. The lowest BCUT2D eigenvalue weighted by molar-refractivity contribution is 0.0602. The number of hydrogen-bond donors (Lipinski definition) is 0. The Labute approximate surface area is 128 Å². The highest BCUT2D eigenvalue weighted by Crippen LogP contribution is 2.31. The Bertz CT molecular complexity index is 726. The smallest absolute Gasteiger partial charge is 0.274 e. The van der Waals surface area contributed by atoms with Gasteiger partial charge in [-0.1, -0.05) is 6.07 Å². The molecule has 22 heavy (non-hydrogen) atoms. The van der Waals surface area contributed by atoms with E-state index >= 15 is 0 Å². The molecule has 0 spiro atoms. The van der Waals surface area contributed by atoms with Crippen LogP contribution in [0.5, 0.6) is 0 Å². The van der Waals surface area contributed by atoms with Crippen molar-refractivity contribution in [3.63, 3.8) is 0 Å². The van der Waals surface area contributed by atoms with Crippen LogP contribution in [0.15, 0.2) is 41.5 Å². The Morgan fingerprint density at radius 2 is 2.14 bits per heavy atom. The minimum atomic E-state index is -0.223. The Morgan fingerprint density at radius 1 is 1.27 bits per heavy atom. The van der Waals surface area contributed by atoms with Crippen LogP contribution in [0.3, 0.4) is 0 Å². The van der Waals surface area contributed by atoms with Crippen molar-refractivity contribution in [3.05, 3.63) is 58.3 Å². The molecule has 1 aliphatic heterocycles. The molecule has 1 fully saturated rings. The molecule has 6 heteroatoms. The van der Waals surface area contributed by atoms with Gasteiger partial charge in [0.1, 0.15) is 5.69 Å². The lowest BCUT2D eigenvalue weighted by atomic mass is 9.96. The highest BCUT2D eigenvalue weighted by molar-refractivity contribution is 5.92. The van der Waals surface area contributed by atoms with Gasteiger partial charge in [0.2, 0.25) is 0 Å². The molecule has 0 aliphatic carbocycles. The number of amides is 1. The monoisotopic (exact) mass is 298 g/mol. The molecule has 114 valence electrons. The number of aromatic nitrogens is 3. The molecule has 0 aromatic carbocycles. The van der Waals surface area contributed by atoms with Gasteiger partial charge in [0.15, 0.2) is 0 Å². The summed E-state index contributed by atoms with van der Waals surface area (Å²) in [7, 11) is 1.55. The number of carbonyl (C=O) groups excluding carboxylic acids is 1. The SMILES string of the molecule is Cn1nc(C(=O)N2CCCC[C@@H]2c2cccnc2)ccc1=O. The zero-order valence-electron chi connectivity index (χ0n) is 12.5. The van der Waals surface area contributed by atoms with Crippen molar-refractivity contribution in [1.82, 2.24) is 19.7 Å². The fourth-order valence-electron chi connectivity index (χ4n) is 2.86. The maximum atomic E-state index is 12.8. The number of likely N-dealkylation sites (tertiary alicyclic amines) is 1. The van der Waals surface area contributed by atoms with Gasteiger partial charge in [-0.05, 0) is 37.0 Å². The van der Waals surface area contributed by atoms with E-state index in [1.165, 1.54) is 16.8 Å². The van der Waals surface area contributed by atoms with Crippen molar-refractivity contribution in [2.45, 2.75) is 25.3 Å². The third-order valence-corrected chi connectivity index (χ3v) is 4.01. The molecule has 0 radical (unpaired) electrons. The molecule has 1 saturated heterocycles. The third kappa shape index (κ3) is 2.77. The van der Waals surface area contributed by atoms with Crippen molar-refractivity contribution in [2.75, 3.05) is 6.54 Å². The minimum Gasteiger partial charge on any atom is -0.330 e. The fraction of sp³-hybridized carbons (Fsp3) is 0.375. The van der Waals surface area contributed by atoms with E-state index in [-0.39, 0.29) is 17.5 Å². The predicted octanol–water partition coefficient (Wildman–Crippen LogP) is 1.54. The second kappa shape index (κ2) is 6.09. The first kappa shape index (κ1) is 14.4. The summed E-state index contributed by atoms with van der Waals surface area (Å²) in [5.41, 5.74) is 1.12. The molecule has 0 saturated carbocycles. The Kier molecular flexibility index (Phi) is 4.00. The molecule has 6 nitrogen and oxygen atoms in total. The van der Waals surface area contributed by atoms with E-state index in [4.69, 9.17) is 0 Å². The lowest BCUT2D eigenvalue weighted by Gasteiger charge is -2.35. The summed E-state index contributed by atoms with van der Waals surface area (Å²) in [5, 5.41) is 4.07. The summed E-state index contributed by atoms with van der Waals surface area (Å²) in [4.78, 5) is 30.2. The predicted molar refractivity (Wildman–Crippen MR) is 81.3 cm³/mol. The van der Waals surface area contributed by atoms with Crippen molar-refractivity contribution < 1.29 is 4.79 Å². The summed E-state index contributed by atoms with van der Waals surface area (Å²) in [6.45, 7) is 0.697. The van der Waals surface area contributed by atoms with Crippen molar-refractivity contribution in [3.8, 4) is 0 Å². The number of nitrogens with zero attached hydrogens (tertiary/aromatic N) is 4. The highest BCUT2D eigenvalue weighted by atomic mass is 16.2. The van der Waals surface area contributed by atoms with E-state index in [0.717, 1.165) is 24.8 Å². The van der Waals surface area contributed by atoms with Gasteiger partial charge < -0.3 is 4.90 Å². The van der Waals surface area contributed by atoms with Gasteiger partial charge in [0.25, 0.3) is 11.5 Å². The summed E-state index contributed by atoms with van der Waals surface area (Å²) in [6.07, 6.45) is 6.53. The second-order valence-corrected chi connectivity index (χ2v) is 5.48. The summed E-state index contributed by atoms with van der Waals surface area (Å²) in [6, 6.07) is 6.78. The van der Waals surface area contributed by atoms with Crippen molar-refractivity contribution >= 4 is 5.91 Å². The Balaban J connectivity index is 1.91. The molecule has 1 amide bonds. The van der Waals surface area contributed by atoms with Crippen LogP contribution < -0.4 is 5.56 Å². The number of aryl methyl sites for hydroxylation is 1. The summed E-state index contributed by atoms with van der Waals surface area (Å²) >= 11 is 0. The normalized spacial score (nSPS) is 18.2. The fourth-order valence-corrected chi connectivity index (χ4v) is 2.86. The molecule has 1 atom stereocenters. The first-order chi connectivity index (χ1) is 10.7. The molecule has 0 bridgehead atoms. The van der Waals surface area contributed by atoms with E-state index in [2.05, 4.69) is 10.1 Å². The zero-order valence-corrected chi connectivity index (χ0v) is 12.5. The van der Waals surface area contributed by atoms with Crippen LogP contribution in [0.4, 0.5) is 0 Å². The highest BCUT2D eigenvalue weighted by Gasteiger charge is 2.29. The van der Waals surface area contributed by atoms with Crippen molar-refractivity contribution in [2.24, 2.45) is 7.05 Å². The molecule has 3 heterocycles. The number of rotatable bonds is 2. The number of piperidine rings is 1. The van der Waals surface area contributed by atoms with Crippen molar-refractivity contribution in [1.29, 1.82) is 0 Å². The molecule has 0 unspecified atom stereocenters. The van der Waals surface area contributed by atoms with Gasteiger partial charge in [0, 0.05) is 32.1 Å². The van der Waals surface area contributed by atoms with E-state index in [1.54, 1.807) is 13.2 Å². The standard InChI is InChI=1S/C16H18N4O2/c1-19-15(21)8-7-13(18-19)16(22)20-10-3-2-6-14(20)12-5-4-9-17-11-12/h4-5,7-9,11,14H,2-3,6,10H2,1H3/t14-/m1/s1. The quantitative estimate of drug-likeness (QED) is 0.843. The maximum absolute atomic E-state index is 12.8. The lowest BCUT2D eigenvalue weighted by Crippen LogP contribution is -2.39. The topological polar surface area (TPSA) is 68.1 Å². The summed E-state index contributed by atoms with van der Waals surface area (Å²) < 4.78 is 1.19. The van der Waals surface area contributed by atoms with Gasteiger partial charge in [-0.25, -0.2) is 4.68 Å². The Morgan fingerprint density at radius 3 is 2.86 bits per heavy atom. The van der Waals surface area contributed by atoms with Crippen LogP contribution in [0.1, 0.15) is 41.4 Å². The van der Waals surface area contributed by atoms with Crippen LogP contribution in [0.25, 0.3) is 0 Å². The van der Waals surface area contributed by atoms with Gasteiger partial charge in [-0.2, -0.15) is 5.10 Å². The van der Waals surface area contributed by atoms with Gasteiger partial charge in [-0.3, -0.25) is 14.6 Å². The molecule has 3 rings (SSSR count). The molecular formula is C16H18N4O2. The first-order valence-corrected chi connectivity index (χ1v) is 7.42. The number of carbonyl (C=O) groups is 1. The average Bonchev–Trinajstić information content (AvgIpc) is 2.57. The number of pyridine rings is 1. The third-order valence-electron chi connectivity index (χ3n) is 4.01. The Hall–Kier alpha value is -2.50. The molecular weight excluding hydrogens is 280 g/mol. The first-order valence-electron chi connectivity index (χ1n) is 7.42. The van der Waals surface area contributed by atoms with E-state index in [0.29, 0.717) is 12.2 Å². The summed E-state index contributed by atoms with van der Waals surface area (Å²) in [5.74, 6) is -0.135. The van der Waals surface area contributed by atoms with Crippen LogP contribution in [0, 0.1) is 0 Å². The van der Waals surface area contributed by atoms with Gasteiger partial charge in [0.05, 0.1) is 6.04 Å². The molecule has 2 aromatic heterocycles. The zero-order chi connectivity index (χ0) is 15.5.